The van der Waals surface area contributed by atoms with Crippen LogP contribution in [0.15, 0.2) is 67.3 Å². The van der Waals surface area contributed by atoms with E-state index in [1.165, 1.54) is 14.2 Å². The van der Waals surface area contributed by atoms with E-state index < -0.39 is 5.97 Å². The van der Waals surface area contributed by atoms with Crippen LogP contribution in [0, 0.1) is 0 Å². The average molecular weight is 348 g/mol. The molecule has 0 saturated heterocycles. The predicted octanol–water partition coefficient (Wildman–Crippen LogP) is 3.25. The van der Waals surface area contributed by atoms with Crippen LogP contribution < -0.4 is 4.74 Å². The van der Waals surface area contributed by atoms with Gasteiger partial charge in [0.1, 0.15) is 5.75 Å². The number of esters is 3. The van der Waals surface area contributed by atoms with E-state index in [4.69, 9.17) is 4.74 Å². The summed E-state index contributed by atoms with van der Waals surface area (Å²) in [5.41, 5.74) is 0.835. The summed E-state index contributed by atoms with van der Waals surface area (Å²) >= 11 is 0. The Kier molecular flexibility index (Phi) is 13.9. The second-order valence-electron chi connectivity index (χ2n) is 4.48. The van der Waals surface area contributed by atoms with Crippen molar-refractivity contribution in [3.8, 4) is 5.75 Å². The molecule has 136 valence electrons. The molecule has 0 amide bonds. The Balaban J connectivity index is 0. The molecule has 1 rings (SSSR count). The number of benzene rings is 1. The molecule has 0 aromatic heterocycles. The molecule has 1 aromatic rings. The fourth-order valence-corrected chi connectivity index (χ4v) is 0.940. The highest BCUT2D eigenvalue weighted by molar-refractivity contribution is 5.88. The van der Waals surface area contributed by atoms with Gasteiger partial charge >= 0.3 is 17.9 Å². The molecule has 0 heterocycles. The van der Waals surface area contributed by atoms with Gasteiger partial charge in [0.25, 0.3) is 0 Å². The van der Waals surface area contributed by atoms with Gasteiger partial charge in [0, 0.05) is 17.2 Å². The molecule has 0 atom stereocenters. The Morgan fingerprint density at radius 1 is 0.880 bits per heavy atom. The number of hydrogen-bond donors (Lipinski definition) is 0. The number of carbonyl (C=O) groups excluding carboxylic acids is 3. The molecule has 0 N–H and O–H groups in total. The molecule has 0 aliphatic heterocycles. The number of methoxy groups -OCH3 is 2. The lowest BCUT2D eigenvalue weighted by atomic mass is 10.3. The molecule has 0 bridgehead atoms. The standard InChI is InChI=1S/C10H10O2.C5H8O2.C4H6O2/c1-8(2)10(11)12-9-6-4-3-5-7-9;1-4(2)5(6)7-3;1-3-4(5)6-2/h3-7H,1H2,2H3;1H2,2-3H3;3H,1H2,2H3. The topological polar surface area (TPSA) is 78.9 Å². The number of ether oxygens (including phenoxy) is 3. The molecule has 0 aliphatic carbocycles. The van der Waals surface area contributed by atoms with Crippen LogP contribution in [0.2, 0.25) is 0 Å². The number of para-hydroxylation sites is 1. The fourth-order valence-electron chi connectivity index (χ4n) is 0.940. The molecule has 0 spiro atoms. The van der Waals surface area contributed by atoms with Gasteiger partial charge in [0.15, 0.2) is 0 Å². The smallest absolute Gasteiger partial charge is 0.338 e. The van der Waals surface area contributed by atoms with E-state index in [1.807, 2.05) is 6.07 Å². The molecule has 0 saturated carbocycles. The van der Waals surface area contributed by atoms with Gasteiger partial charge in [-0.25, -0.2) is 14.4 Å². The zero-order valence-corrected chi connectivity index (χ0v) is 15.0. The van der Waals surface area contributed by atoms with Crippen LogP contribution in [-0.4, -0.2) is 32.1 Å². The molecule has 6 heteroatoms. The third-order valence-electron chi connectivity index (χ3n) is 2.20. The maximum Gasteiger partial charge on any atom is 0.338 e. The first-order valence-corrected chi connectivity index (χ1v) is 7.06. The lowest BCUT2D eigenvalue weighted by Gasteiger charge is -2.01. The van der Waals surface area contributed by atoms with Crippen molar-refractivity contribution >= 4 is 17.9 Å². The van der Waals surface area contributed by atoms with Gasteiger partial charge in [-0.05, 0) is 26.0 Å². The van der Waals surface area contributed by atoms with Gasteiger partial charge in [-0.15, -0.1) is 0 Å². The summed E-state index contributed by atoms with van der Waals surface area (Å²) < 4.78 is 13.4. The minimum absolute atomic E-state index is 0.347. The zero-order chi connectivity index (χ0) is 19.8. The van der Waals surface area contributed by atoms with E-state index in [0.29, 0.717) is 16.9 Å². The van der Waals surface area contributed by atoms with Gasteiger partial charge in [0.2, 0.25) is 0 Å². The van der Waals surface area contributed by atoms with Crippen molar-refractivity contribution in [3.63, 3.8) is 0 Å². The Morgan fingerprint density at radius 2 is 1.36 bits per heavy atom. The Bertz CT molecular complexity index is 602. The van der Waals surface area contributed by atoms with Crippen molar-refractivity contribution in [1.82, 2.24) is 0 Å². The summed E-state index contributed by atoms with van der Waals surface area (Å²) in [5, 5.41) is 0. The summed E-state index contributed by atoms with van der Waals surface area (Å²) in [7, 11) is 2.64. The first kappa shape index (κ1) is 24.1. The normalized spacial score (nSPS) is 8.16. The van der Waals surface area contributed by atoms with Crippen LogP contribution in [0.4, 0.5) is 0 Å². The van der Waals surface area contributed by atoms with Crippen LogP contribution >= 0.6 is 0 Å². The van der Waals surface area contributed by atoms with Crippen molar-refractivity contribution in [2.75, 3.05) is 14.2 Å². The third-order valence-corrected chi connectivity index (χ3v) is 2.20. The van der Waals surface area contributed by atoms with Crippen LogP contribution in [0.5, 0.6) is 5.75 Å². The molecule has 0 aliphatic rings. The largest absolute Gasteiger partial charge is 0.466 e. The van der Waals surface area contributed by atoms with Gasteiger partial charge in [-0.3, -0.25) is 0 Å². The highest BCUT2D eigenvalue weighted by atomic mass is 16.5. The lowest BCUT2D eigenvalue weighted by molar-refractivity contribution is -0.136. The Hall–Kier alpha value is -3.15. The van der Waals surface area contributed by atoms with E-state index in [9.17, 15) is 14.4 Å². The first-order valence-electron chi connectivity index (χ1n) is 7.06. The Morgan fingerprint density at radius 3 is 1.60 bits per heavy atom. The summed E-state index contributed by atoms with van der Waals surface area (Å²) in [6.07, 6.45) is 1.11. The maximum atomic E-state index is 11.0. The quantitative estimate of drug-likeness (QED) is 0.472. The predicted molar refractivity (Wildman–Crippen MR) is 95.9 cm³/mol. The van der Waals surface area contributed by atoms with E-state index in [2.05, 4.69) is 29.2 Å². The van der Waals surface area contributed by atoms with Crippen molar-refractivity contribution < 1.29 is 28.6 Å². The minimum Gasteiger partial charge on any atom is -0.466 e. The van der Waals surface area contributed by atoms with Crippen molar-refractivity contribution in [2.24, 2.45) is 0 Å². The van der Waals surface area contributed by atoms with Crippen molar-refractivity contribution in [1.29, 1.82) is 0 Å². The molecule has 0 fully saturated rings. The van der Waals surface area contributed by atoms with E-state index in [-0.39, 0.29) is 11.9 Å². The molecule has 1 aromatic carbocycles. The van der Waals surface area contributed by atoms with E-state index >= 15 is 0 Å². The second-order valence-corrected chi connectivity index (χ2v) is 4.48. The third kappa shape index (κ3) is 14.2. The van der Waals surface area contributed by atoms with Crippen molar-refractivity contribution in [2.45, 2.75) is 13.8 Å². The summed E-state index contributed by atoms with van der Waals surface area (Å²) in [5.74, 6) is -0.582. The monoisotopic (exact) mass is 348 g/mol. The molecular weight excluding hydrogens is 324 g/mol. The molecule has 0 unspecified atom stereocenters. The second kappa shape index (κ2) is 14.4. The highest BCUT2D eigenvalue weighted by Crippen LogP contribution is 2.09. The summed E-state index contributed by atoms with van der Waals surface area (Å²) in [6.45, 7) is 13.2. The average Bonchev–Trinajstić information content (AvgIpc) is 2.61. The number of rotatable bonds is 4. The van der Waals surface area contributed by atoms with Crippen molar-refractivity contribution in [3.05, 3.63) is 67.3 Å². The van der Waals surface area contributed by atoms with Gasteiger partial charge in [0.05, 0.1) is 14.2 Å². The summed E-state index contributed by atoms with van der Waals surface area (Å²) in [6, 6.07) is 8.92. The molecule has 6 nitrogen and oxygen atoms in total. The SMILES string of the molecule is C=C(C)C(=O)OC.C=C(C)C(=O)Oc1ccccc1.C=CC(=O)OC. The van der Waals surface area contributed by atoms with E-state index in [1.54, 1.807) is 38.1 Å². The van der Waals surface area contributed by atoms with Crippen LogP contribution in [0.1, 0.15) is 13.8 Å². The maximum absolute atomic E-state index is 11.0. The number of hydrogen-bond acceptors (Lipinski definition) is 6. The zero-order valence-electron chi connectivity index (χ0n) is 15.0. The fraction of sp³-hybridized carbons (Fsp3) is 0.211. The minimum atomic E-state index is -0.394. The van der Waals surface area contributed by atoms with Gasteiger partial charge < -0.3 is 14.2 Å². The number of carbonyl (C=O) groups is 3. The van der Waals surface area contributed by atoms with E-state index in [0.717, 1.165) is 6.08 Å². The highest BCUT2D eigenvalue weighted by Gasteiger charge is 2.03. The first-order chi connectivity index (χ1) is 11.7. The molecule has 0 radical (unpaired) electrons. The Labute approximate surface area is 148 Å². The molecule has 25 heavy (non-hydrogen) atoms. The van der Waals surface area contributed by atoms with Crippen LogP contribution in [-0.2, 0) is 23.9 Å². The van der Waals surface area contributed by atoms with Gasteiger partial charge in [-0.1, -0.05) is 37.9 Å². The van der Waals surface area contributed by atoms with Gasteiger partial charge in [-0.2, -0.15) is 0 Å². The van der Waals surface area contributed by atoms with Crippen LogP contribution in [0.25, 0.3) is 0 Å². The molecular formula is C19H24O6. The van der Waals surface area contributed by atoms with Crippen LogP contribution in [0.3, 0.4) is 0 Å². The summed E-state index contributed by atoms with van der Waals surface area (Å²) in [4.78, 5) is 31.0. The lowest BCUT2D eigenvalue weighted by Crippen LogP contribution is -2.07.